The summed E-state index contributed by atoms with van der Waals surface area (Å²) in [7, 11) is 0. The molecule has 4 atom stereocenters. The van der Waals surface area contributed by atoms with Crippen LogP contribution in [0.4, 0.5) is 0 Å². The number of carbonyl (C=O) groups is 1. The Kier molecular flexibility index (Phi) is 4.04. The van der Waals surface area contributed by atoms with Gasteiger partial charge in [0.25, 0.3) is 0 Å². The second-order valence-electron chi connectivity index (χ2n) is 7.33. The van der Waals surface area contributed by atoms with Crippen LogP contribution in [0.15, 0.2) is 0 Å². The number of nitrogens with one attached hydrogen (secondary N) is 1. The van der Waals surface area contributed by atoms with E-state index in [1.54, 1.807) is 0 Å². The van der Waals surface area contributed by atoms with Gasteiger partial charge in [0.1, 0.15) is 0 Å². The molecule has 1 saturated carbocycles. The van der Waals surface area contributed by atoms with Gasteiger partial charge in [0.05, 0.1) is 5.54 Å². The molecule has 20 heavy (non-hydrogen) atoms. The zero-order valence-corrected chi connectivity index (χ0v) is 12.7. The monoisotopic (exact) mass is 279 g/mol. The van der Waals surface area contributed by atoms with E-state index >= 15 is 0 Å². The summed E-state index contributed by atoms with van der Waals surface area (Å²) in [5.41, 5.74) is 5.80. The van der Waals surface area contributed by atoms with Crippen molar-refractivity contribution in [2.75, 3.05) is 13.1 Å². The molecule has 0 spiro atoms. The maximum atomic E-state index is 12.6. The predicted octanol–water partition coefficient (Wildman–Crippen LogP) is 1.64. The van der Waals surface area contributed by atoms with Crippen LogP contribution in [0.25, 0.3) is 0 Å². The Morgan fingerprint density at radius 3 is 2.85 bits per heavy atom. The molecule has 0 aromatic heterocycles. The van der Waals surface area contributed by atoms with Gasteiger partial charge >= 0.3 is 0 Å². The first-order chi connectivity index (χ1) is 9.58. The van der Waals surface area contributed by atoms with Gasteiger partial charge in [-0.3, -0.25) is 9.69 Å². The molecule has 4 heteroatoms. The van der Waals surface area contributed by atoms with E-state index in [1.807, 2.05) is 0 Å². The number of nitrogens with two attached hydrogens (primary N) is 1. The highest BCUT2D eigenvalue weighted by molar-refractivity contribution is 5.86. The topological polar surface area (TPSA) is 58.4 Å². The summed E-state index contributed by atoms with van der Waals surface area (Å²) < 4.78 is 0. The Morgan fingerprint density at radius 1 is 1.20 bits per heavy atom. The van der Waals surface area contributed by atoms with Crippen LogP contribution in [0, 0.1) is 5.92 Å². The van der Waals surface area contributed by atoms with Crippen LogP contribution in [0.2, 0.25) is 0 Å². The van der Waals surface area contributed by atoms with Gasteiger partial charge in [-0.25, -0.2) is 0 Å². The third-order valence-corrected chi connectivity index (χ3v) is 5.66. The number of carbonyl (C=O) groups excluding carboxylic acids is 1. The van der Waals surface area contributed by atoms with Crippen molar-refractivity contribution in [2.45, 2.75) is 75.9 Å². The van der Waals surface area contributed by atoms with E-state index < -0.39 is 5.54 Å². The summed E-state index contributed by atoms with van der Waals surface area (Å²) >= 11 is 0. The molecule has 2 heterocycles. The van der Waals surface area contributed by atoms with Gasteiger partial charge in [0.15, 0.2) is 0 Å². The first kappa shape index (κ1) is 14.3. The van der Waals surface area contributed by atoms with Gasteiger partial charge in [-0.2, -0.15) is 0 Å². The van der Waals surface area contributed by atoms with E-state index in [2.05, 4.69) is 17.1 Å². The number of nitrogens with zero attached hydrogens (tertiary/aromatic N) is 1. The molecule has 0 aromatic rings. The lowest BCUT2D eigenvalue weighted by Gasteiger charge is -2.38. The zero-order chi connectivity index (χ0) is 14.2. The summed E-state index contributed by atoms with van der Waals surface area (Å²) in [4.78, 5) is 15.2. The lowest BCUT2D eigenvalue weighted by Crippen LogP contribution is -2.59. The van der Waals surface area contributed by atoms with E-state index in [9.17, 15) is 4.79 Å². The largest absolute Gasteiger partial charge is 0.350 e. The van der Waals surface area contributed by atoms with Crippen molar-refractivity contribution < 1.29 is 4.79 Å². The summed E-state index contributed by atoms with van der Waals surface area (Å²) in [6.45, 7) is 4.57. The third-order valence-electron chi connectivity index (χ3n) is 5.66. The molecule has 1 amide bonds. The zero-order valence-electron chi connectivity index (χ0n) is 12.7. The van der Waals surface area contributed by atoms with Crippen molar-refractivity contribution in [3.05, 3.63) is 0 Å². The standard InChI is InChI=1S/C16H29N3O/c1-12-5-4-8-16(17,11-12)15(20)18-13-7-10-19-9-3-2-6-14(13)19/h12-14H,2-11,17H2,1H3,(H,18,20). The van der Waals surface area contributed by atoms with E-state index in [-0.39, 0.29) is 5.91 Å². The molecule has 0 bridgehead atoms. The van der Waals surface area contributed by atoms with Gasteiger partial charge in [-0.15, -0.1) is 0 Å². The smallest absolute Gasteiger partial charge is 0.240 e. The highest BCUT2D eigenvalue weighted by Crippen LogP contribution is 2.32. The van der Waals surface area contributed by atoms with Crippen LogP contribution >= 0.6 is 0 Å². The maximum Gasteiger partial charge on any atom is 0.240 e. The molecule has 0 radical (unpaired) electrons. The minimum atomic E-state index is -0.611. The average Bonchev–Trinajstić information content (AvgIpc) is 2.82. The van der Waals surface area contributed by atoms with Gasteiger partial charge < -0.3 is 11.1 Å². The normalized spacial score (nSPS) is 42.2. The molecule has 3 rings (SSSR count). The van der Waals surface area contributed by atoms with Crippen LogP contribution in [-0.2, 0) is 4.79 Å². The number of fused-ring (bicyclic) bond motifs is 1. The Balaban J connectivity index is 1.61. The maximum absolute atomic E-state index is 12.6. The number of piperidine rings is 1. The van der Waals surface area contributed by atoms with Crippen molar-refractivity contribution in [3.63, 3.8) is 0 Å². The lowest BCUT2D eigenvalue weighted by molar-refractivity contribution is -0.129. The minimum Gasteiger partial charge on any atom is -0.350 e. The Labute approximate surface area is 122 Å². The fourth-order valence-corrected chi connectivity index (χ4v) is 4.53. The Bertz CT molecular complexity index is 373. The fraction of sp³-hybridized carbons (Fsp3) is 0.938. The molecule has 4 unspecified atom stereocenters. The quantitative estimate of drug-likeness (QED) is 0.808. The molecule has 0 aromatic carbocycles. The molecule has 3 fully saturated rings. The lowest BCUT2D eigenvalue weighted by atomic mass is 9.76. The molecular formula is C16H29N3O. The average molecular weight is 279 g/mol. The van der Waals surface area contributed by atoms with E-state index in [0.717, 1.165) is 32.2 Å². The summed E-state index contributed by atoms with van der Waals surface area (Å²) in [5, 5.41) is 3.30. The van der Waals surface area contributed by atoms with Crippen LogP contribution in [0.1, 0.15) is 58.3 Å². The van der Waals surface area contributed by atoms with Crippen LogP contribution in [0.5, 0.6) is 0 Å². The molecule has 2 saturated heterocycles. The van der Waals surface area contributed by atoms with Crippen LogP contribution in [-0.4, -0.2) is 41.5 Å². The van der Waals surface area contributed by atoms with Crippen molar-refractivity contribution in [1.29, 1.82) is 0 Å². The Hall–Kier alpha value is -0.610. The van der Waals surface area contributed by atoms with Crippen molar-refractivity contribution in [1.82, 2.24) is 10.2 Å². The van der Waals surface area contributed by atoms with Crippen LogP contribution in [0.3, 0.4) is 0 Å². The molecule has 4 nitrogen and oxygen atoms in total. The van der Waals surface area contributed by atoms with Gasteiger partial charge in [0.2, 0.25) is 5.91 Å². The molecule has 114 valence electrons. The van der Waals surface area contributed by atoms with Crippen molar-refractivity contribution in [2.24, 2.45) is 11.7 Å². The number of amides is 1. The second kappa shape index (κ2) is 5.64. The molecule has 2 aliphatic heterocycles. The van der Waals surface area contributed by atoms with Gasteiger partial charge in [0, 0.05) is 18.6 Å². The minimum absolute atomic E-state index is 0.112. The first-order valence-corrected chi connectivity index (χ1v) is 8.42. The second-order valence-corrected chi connectivity index (χ2v) is 7.33. The van der Waals surface area contributed by atoms with E-state index in [1.165, 1.54) is 32.2 Å². The molecular weight excluding hydrogens is 250 g/mol. The van der Waals surface area contributed by atoms with Crippen LogP contribution < -0.4 is 11.1 Å². The molecule has 1 aliphatic carbocycles. The number of rotatable bonds is 2. The first-order valence-electron chi connectivity index (χ1n) is 8.42. The fourth-order valence-electron chi connectivity index (χ4n) is 4.53. The summed E-state index contributed by atoms with van der Waals surface area (Å²) in [5.74, 6) is 0.690. The van der Waals surface area contributed by atoms with Gasteiger partial charge in [-0.05, 0) is 44.6 Å². The third kappa shape index (κ3) is 2.73. The summed E-state index contributed by atoms with van der Waals surface area (Å²) in [6, 6.07) is 0.901. The predicted molar refractivity (Wildman–Crippen MR) is 80.3 cm³/mol. The highest BCUT2D eigenvalue weighted by atomic mass is 16.2. The van der Waals surface area contributed by atoms with Crippen molar-refractivity contribution >= 4 is 5.91 Å². The van der Waals surface area contributed by atoms with E-state index in [0.29, 0.717) is 18.0 Å². The SMILES string of the molecule is CC1CCCC(N)(C(=O)NC2CCN3CCCCC23)C1. The Morgan fingerprint density at radius 2 is 2.05 bits per heavy atom. The summed E-state index contributed by atoms with van der Waals surface area (Å²) in [6.07, 6.45) is 8.95. The van der Waals surface area contributed by atoms with Gasteiger partial charge in [-0.1, -0.05) is 26.2 Å². The van der Waals surface area contributed by atoms with Crippen molar-refractivity contribution in [3.8, 4) is 0 Å². The molecule has 3 aliphatic rings. The highest BCUT2D eigenvalue weighted by Gasteiger charge is 2.42. The van der Waals surface area contributed by atoms with E-state index in [4.69, 9.17) is 5.73 Å². The molecule has 3 N–H and O–H groups in total. The number of hydrogen-bond acceptors (Lipinski definition) is 3. The number of hydrogen-bond donors (Lipinski definition) is 2.